The fourth-order valence-corrected chi connectivity index (χ4v) is 3.46. The number of carboxylic acid groups (broad SMARTS) is 1. The number of carbonyl (C=O) groups is 2. The monoisotopic (exact) mass is 351 g/mol. The Morgan fingerprint density at radius 2 is 2.08 bits per heavy atom. The number of nitrogens with zero attached hydrogens (tertiary/aromatic N) is 3. The summed E-state index contributed by atoms with van der Waals surface area (Å²) in [5.74, 6) is -0.846. The summed E-state index contributed by atoms with van der Waals surface area (Å²) in [6.45, 7) is 8.32. The maximum atomic E-state index is 12.7. The lowest BCUT2D eigenvalue weighted by Crippen LogP contribution is -2.57. The second-order valence-corrected chi connectivity index (χ2v) is 7.60. The van der Waals surface area contributed by atoms with Gasteiger partial charge in [0.25, 0.3) is 0 Å². The fraction of sp³-hybridized carbons (Fsp3) is 0.722. The predicted octanol–water partition coefficient (Wildman–Crippen LogP) is 1.60. The molecule has 0 aromatic carbocycles. The molecule has 1 aromatic heterocycles. The highest BCUT2D eigenvalue weighted by atomic mass is 16.4. The maximum absolute atomic E-state index is 12.7. The largest absolute Gasteiger partial charge is 0.481 e. The van der Waals surface area contributed by atoms with Gasteiger partial charge in [0.2, 0.25) is 5.91 Å². The molecule has 1 aliphatic rings. The number of rotatable bonds is 6. The molecular formula is C18H29N3O4. The number of hydrogen-bond acceptors (Lipinski definition) is 4. The molecule has 7 nitrogen and oxygen atoms in total. The zero-order chi connectivity index (χ0) is 18.8. The number of hydrogen-bond donors (Lipinski definition) is 2. The highest BCUT2D eigenvalue weighted by molar-refractivity contribution is 5.80. The van der Waals surface area contributed by atoms with Crippen molar-refractivity contribution in [3.63, 3.8) is 0 Å². The molecule has 1 amide bonds. The molecule has 25 heavy (non-hydrogen) atoms. The van der Waals surface area contributed by atoms with E-state index < -0.39 is 17.5 Å². The van der Waals surface area contributed by atoms with Crippen LogP contribution in [0.15, 0.2) is 6.07 Å². The van der Waals surface area contributed by atoms with Crippen LogP contribution in [-0.2, 0) is 16.1 Å². The molecule has 2 heterocycles. The van der Waals surface area contributed by atoms with Gasteiger partial charge < -0.3 is 15.1 Å². The minimum Gasteiger partial charge on any atom is -0.481 e. The van der Waals surface area contributed by atoms with Gasteiger partial charge in [-0.15, -0.1) is 0 Å². The Kier molecular flexibility index (Phi) is 5.87. The fourth-order valence-electron chi connectivity index (χ4n) is 3.46. The molecule has 0 aliphatic carbocycles. The van der Waals surface area contributed by atoms with Crippen molar-refractivity contribution in [3.8, 4) is 0 Å². The third-order valence-corrected chi connectivity index (χ3v) is 5.12. The van der Waals surface area contributed by atoms with E-state index in [1.165, 1.54) is 0 Å². The van der Waals surface area contributed by atoms with E-state index >= 15 is 0 Å². The quantitative estimate of drug-likeness (QED) is 0.812. The molecule has 0 spiro atoms. The summed E-state index contributed by atoms with van der Waals surface area (Å²) < 4.78 is 1.64. The molecule has 1 aromatic rings. The lowest BCUT2D eigenvalue weighted by atomic mass is 9.72. The summed E-state index contributed by atoms with van der Waals surface area (Å²) in [5, 5.41) is 24.5. The Morgan fingerprint density at radius 1 is 1.40 bits per heavy atom. The number of likely N-dealkylation sites (tertiary alicyclic amines) is 1. The first-order valence-corrected chi connectivity index (χ1v) is 8.86. The van der Waals surface area contributed by atoms with Gasteiger partial charge in [-0.2, -0.15) is 5.10 Å². The molecule has 0 radical (unpaired) electrons. The molecule has 1 saturated heterocycles. The van der Waals surface area contributed by atoms with E-state index in [2.05, 4.69) is 5.10 Å². The van der Waals surface area contributed by atoms with Crippen molar-refractivity contribution in [2.75, 3.05) is 13.1 Å². The van der Waals surface area contributed by atoms with Gasteiger partial charge in [0.05, 0.1) is 11.8 Å². The number of aliphatic carboxylic acids is 1. The summed E-state index contributed by atoms with van der Waals surface area (Å²) in [7, 11) is 0. The SMILES string of the molecule is Cc1cc(C)n(CC(=O)N2CC[C@@H](O)[C@](CCC(C)C)(C(=O)O)C2)n1. The van der Waals surface area contributed by atoms with Crippen LogP contribution in [0, 0.1) is 25.2 Å². The molecule has 1 fully saturated rings. The molecular weight excluding hydrogens is 322 g/mol. The second kappa shape index (κ2) is 7.56. The summed E-state index contributed by atoms with van der Waals surface area (Å²) in [6, 6.07) is 1.90. The average molecular weight is 351 g/mol. The molecule has 0 unspecified atom stereocenters. The van der Waals surface area contributed by atoms with Crippen LogP contribution in [0.3, 0.4) is 0 Å². The smallest absolute Gasteiger partial charge is 0.314 e. The van der Waals surface area contributed by atoms with Gasteiger partial charge in [-0.05, 0) is 45.1 Å². The van der Waals surface area contributed by atoms with E-state index in [-0.39, 0.29) is 25.4 Å². The Bertz CT molecular complexity index is 640. The molecule has 1 aliphatic heterocycles. The first-order chi connectivity index (χ1) is 11.7. The molecule has 2 rings (SSSR count). The normalized spacial score (nSPS) is 23.9. The average Bonchev–Trinajstić information content (AvgIpc) is 2.83. The van der Waals surface area contributed by atoms with Crippen molar-refractivity contribution in [2.24, 2.45) is 11.3 Å². The van der Waals surface area contributed by atoms with Crippen LogP contribution in [0.25, 0.3) is 0 Å². The second-order valence-electron chi connectivity index (χ2n) is 7.60. The highest BCUT2D eigenvalue weighted by Crippen LogP contribution is 2.36. The molecule has 7 heteroatoms. The van der Waals surface area contributed by atoms with E-state index in [9.17, 15) is 19.8 Å². The topological polar surface area (TPSA) is 95.7 Å². The van der Waals surface area contributed by atoms with Crippen molar-refractivity contribution < 1.29 is 19.8 Å². The first kappa shape index (κ1) is 19.4. The maximum Gasteiger partial charge on any atom is 0.314 e. The minimum atomic E-state index is -1.28. The Hall–Kier alpha value is -1.89. The lowest BCUT2D eigenvalue weighted by Gasteiger charge is -2.43. The number of aliphatic hydroxyl groups excluding tert-OH is 1. The minimum absolute atomic E-state index is 0.0500. The number of piperidine rings is 1. The summed E-state index contributed by atoms with van der Waals surface area (Å²) in [4.78, 5) is 26.2. The van der Waals surface area contributed by atoms with Gasteiger partial charge in [-0.3, -0.25) is 14.3 Å². The van der Waals surface area contributed by atoms with E-state index in [1.807, 2.05) is 33.8 Å². The van der Waals surface area contributed by atoms with E-state index in [0.29, 0.717) is 25.3 Å². The van der Waals surface area contributed by atoms with E-state index in [4.69, 9.17) is 0 Å². The van der Waals surface area contributed by atoms with Crippen LogP contribution < -0.4 is 0 Å². The predicted molar refractivity (Wildman–Crippen MR) is 93.0 cm³/mol. The lowest BCUT2D eigenvalue weighted by molar-refractivity contribution is -0.167. The Morgan fingerprint density at radius 3 is 2.60 bits per heavy atom. The molecule has 140 valence electrons. The summed E-state index contributed by atoms with van der Waals surface area (Å²) in [5.41, 5.74) is 0.455. The van der Waals surface area contributed by atoms with E-state index in [1.54, 1.807) is 9.58 Å². The number of amides is 1. The summed E-state index contributed by atoms with van der Waals surface area (Å²) in [6.07, 6.45) is 0.419. The van der Waals surface area contributed by atoms with Crippen molar-refractivity contribution in [3.05, 3.63) is 17.5 Å². The van der Waals surface area contributed by atoms with Gasteiger partial charge in [0.15, 0.2) is 0 Å². The molecule has 2 atom stereocenters. The third kappa shape index (κ3) is 4.21. The summed E-state index contributed by atoms with van der Waals surface area (Å²) >= 11 is 0. The third-order valence-electron chi connectivity index (χ3n) is 5.12. The van der Waals surface area contributed by atoms with Crippen molar-refractivity contribution in [2.45, 2.75) is 59.6 Å². The highest BCUT2D eigenvalue weighted by Gasteiger charge is 2.49. The van der Waals surface area contributed by atoms with Crippen LogP contribution in [-0.4, -0.2) is 56.0 Å². The van der Waals surface area contributed by atoms with Gasteiger partial charge in [0.1, 0.15) is 12.0 Å². The Balaban J connectivity index is 2.15. The van der Waals surface area contributed by atoms with E-state index in [0.717, 1.165) is 11.4 Å². The molecule has 0 saturated carbocycles. The van der Waals surface area contributed by atoms with Crippen LogP contribution in [0.4, 0.5) is 0 Å². The van der Waals surface area contributed by atoms with Crippen molar-refractivity contribution >= 4 is 11.9 Å². The number of aryl methyl sites for hydroxylation is 2. The zero-order valence-electron chi connectivity index (χ0n) is 15.5. The Labute approximate surface area is 148 Å². The van der Waals surface area contributed by atoms with Crippen LogP contribution in [0.1, 0.15) is 44.5 Å². The standard InChI is InChI=1S/C18H29N3O4/c1-12(2)5-7-18(17(24)25)11-20(8-6-15(18)22)16(23)10-21-14(4)9-13(3)19-21/h9,12,15,22H,5-8,10-11H2,1-4H3,(H,24,25)/t15-,18-/m1/s1. The van der Waals surface area contributed by atoms with Gasteiger partial charge in [-0.1, -0.05) is 13.8 Å². The first-order valence-electron chi connectivity index (χ1n) is 8.86. The van der Waals surface area contributed by atoms with Crippen molar-refractivity contribution in [1.29, 1.82) is 0 Å². The van der Waals surface area contributed by atoms with Gasteiger partial charge in [-0.25, -0.2) is 0 Å². The number of carboxylic acids is 1. The van der Waals surface area contributed by atoms with Gasteiger partial charge in [0, 0.05) is 18.8 Å². The number of aliphatic hydroxyl groups is 1. The van der Waals surface area contributed by atoms with Crippen LogP contribution >= 0.6 is 0 Å². The van der Waals surface area contributed by atoms with Gasteiger partial charge >= 0.3 is 5.97 Å². The van der Waals surface area contributed by atoms with Crippen molar-refractivity contribution in [1.82, 2.24) is 14.7 Å². The van der Waals surface area contributed by atoms with Crippen LogP contribution in [0.2, 0.25) is 0 Å². The molecule has 0 bridgehead atoms. The number of aromatic nitrogens is 2. The molecule has 2 N–H and O–H groups in total. The van der Waals surface area contributed by atoms with Crippen LogP contribution in [0.5, 0.6) is 0 Å². The number of carbonyl (C=O) groups excluding carboxylic acids is 1. The zero-order valence-corrected chi connectivity index (χ0v) is 15.5.